The van der Waals surface area contributed by atoms with E-state index in [-0.39, 0.29) is 13.0 Å². The van der Waals surface area contributed by atoms with Gasteiger partial charge in [0.15, 0.2) is 11.5 Å². The maximum atomic E-state index is 11.9. The Hall–Kier alpha value is -1.39. The van der Waals surface area contributed by atoms with Gasteiger partial charge in [0.05, 0.1) is 13.7 Å². The van der Waals surface area contributed by atoms with Crippen LogP contribution in [0.4, 0.5) is 13.2 Å². The zero-order chi connectivity index (χ0) is 12.7. The number of benzene rings is 1. The Balaban J connectivity index is 2.27. The molecule has 0 fully saturated rings. The number of alkyl halides is 3. The van der Waals surface area contributed by atoms with Gasteiger partial charge in [0.25, 0.3) is 0 Å². The molecule has 0 aromatic heterocycles. The maximum absolute atomic E-state index is 11.9. The summed E-state index contributed by atoms with van der Waals surface area (Å²) >= 11 is 0. The Bertz CT molecular complexity index is 337. The SMILES string of the molecule is COc1ccccc1OCCCCC(F)(F)F. The first kappa shape index (κ1) is 13.7. The number of unbranched alkanes of at least 4 members (excludes halogenated alkanes) is 1. The van der Waals surface area contributed by atoms with E-state index in [1.807, 2.05) is 0 Å². The molecule has 0 heterocycles. The first-order valence-electron chi connectivity index (χ1n) is 5.35. The van der Waals surface area contributed by atoms with Gasteiger partial charge in [-0.3, -0.25) is 0 Å². The van der Waals surface area contributed by atoms with Crippen LogP contribution in [0.5, 0.6) is 11.5 Å². The Kier molecular flexibility index (Phi) is 5.12. The molecule has 0 unspecified atom stereocenters. The van der Waals surface area contributed by atoms with Gasteiger partial charge in [-0.1, -0.05) is 12.1 Å². The van der Waals surface area contributed by atoms with Gasteiger partial charge in [-0.05, 0) is 25.0 Å². The van der Waals surface area contributed by atoms with Crippen molar-refractivity contribution in [3.8, 4) is 11.5 Å². The Morgan fingerprint density at radius 3 is 2.29 bits per heavy atom. The number of rotatable bonds is 6. The van der Waals surface area contributed by atoms with Crippen LogP contribution in [0.25, 0.3) is 0 Å². The average molecular weight is 248 g/mol. The molecule has 0 spiro atoms. The molecule has 0 aliphatic rings. The molecule has 1 aromatic rings. The fraction of sp³-hybridized carbons (Fsp3) is 0.500. The van der Waals surface area contributed by atoms with Crippen molar-refractivity contribution < 1.29 is 22.6 Å². The smallest absolute Gasteiger partial charge is 0.389 e. The lowest BCUT2D eigenvalue weighted by Crippen LogP contribution is -2.08. The molecule has 0 atom stereocenters. The quantitative estimate of drug-likeness (QED) is 0.713. The van der Waals surface area contributed by atoms with Gasteiger partial charge in [0, 0.05) is 6.42 Å². The summed E-state index contributed by atoms with van der Waals surface area (Å²) in [6.07, 6.45) is -4.39. The fourth-order valence-electron chi connectivity index (χ4n) is 1.35. The van der Waals surface area contributed by atoms with Crippen LogP contribution in [0.2, 0.25) is 0 Å². The fourth-order valence-corrected chi connectivity index (χ4v) is 1.35. The number of hydrogen-bond acceptors (Lipinski definition) is 2. The van der Waals surface area contributed by atoms with E-state index in [0.717, 1.165) is 0 Å². The predicted molar refractivity (Wildman–Crippen MR) is 58.4 cm³/mol. The minimum atomic E-state index is -4.08. The summed E-state index contributed by atoms with van der Waals surface area (Å²) in [4.78, 5) is 0. The van der Waals surface area contributed by atoms with E-state index in [9.17, 15) is 13.2 Å². The molecule has 0 aliphatic heterocycles. The van der Waals surface area contributed by atoms with Crippen molar-refractivity contribution >= 4 is 0 Å². The van der Waals surface area contributed by atoms with Crippen molar-refractivity contribution in [1.29, 1.82) is 0 Å². The molecule has 0 radical (unpaired) electrons. The maximum Gasteiger partial charge on any atom is 0.389 e. The largest absolute Gasteiger partial charge is 0.493 e. The van der Waals surface area contributed by atoms with Crippen LogP contribution >= 0.6 is 0 Å². The summed E-state index contributed by atoms with van der Waals surface area (Å²) in [5, 5.41) is 0. The van der Waals surface area contributed by atoms with E-state index < -0.39 is 12.6 Å². The molecule has 0 N–H and O–H groups in total. The third kappa shape index (κ3) is 5.47. The summed E-state index contributed by atoms with van der Waals surface area (Å²) in [5.41, 5.74) is 0. The summed E-state index contributed by atoms with van der Waals surface area (Å²) in [5.74, 6) is 1.14. The number of halogens is 3. The highest BCUT2D eigenvalue weighted by molar-refractivity contribution is 5.39. The van der Waals surface area contributed by atoms with Gasteiger partial charge in [0.2, 0.25) is 0 Å². The third-order valence-electron chi connectivity index (χ3n) is 2.18. The molecule has 0 saturated heterocycles. The first-order valence-corrected chi connectivity index (χ1v) is 5.35. The van der Waals surface area contributed by atoms with Gasteiger partial charge < -0.3 is 9.47 Å². The van der Waals surface area contributed by atoms with E-state index in [2.05, 4.69) is 0 Å². The summed E-state index contributed by atoms with van der Waals surface area (Å²) < 4.78 is 46.0. The summed E-state index contributed by atoms with van der Waals surface area (Å²) in [6, 6.07) is 7.05. The molecule has 1 aromatic carbocycles. The molecule has 17 heavy (non-hydrogen) atoms. The van der Waals surface area contributed by atoms with Crippen molar-refractivity contribution in [2.45, 2.75) is 25.4 Å². The molecule has 96 valence electrons. The number of hydrogen-bond donors (Lipinski definition) is 0. The molecule has 0 aliphatic carbocycles. The van der Waals surface area contributed by atoms with E-state index in [4.69, 9.17) is 9.47 Å². The molecule has 0 bridgehead atoms. The summed E-state index contributed by atoms with van der Waals surface area (Å²) in [6.45, 7) is 0.260. The Morgan fingerprint density at radius 2 is 1.71 bits per heavy atom. The first-order chi connectivity index (χ1) is 8.03. The molecule has 0 saturated carbocycles. The monoisotopic (exact) mass is 248 g/mol. The third-order valence-corrected chi connectivity index (χ3v) is 2.18. The van der Waals surface area contributed by atoms with E-state index >= 15 is 0 Å². The van der Waals surface area contributed by atoms with Crippen LogP contribution in [0.15, 0.2) is 24.3 Å². The van der Waals surface area contributed by atoms with Gasteiger partial charge >= 0.3 is 6.18 Å². The normalized spacial score (nSPS) is 11.3. The van der Waals surface area contributed by atoms with Gasteiger partial charge in [-0.15, -0.1) is 0 Å². The number of para-hydroxylation sites is 2. The van der Waals surface area contributed by atoms with Crippen molar-refractivity contribution in [2.75, 3.05) is 13.7 Å². The molecule has 5 heteroatoms. The van der Waals surface area contributed by atoms with Crippen LogP contribution in [0.1, 0.15) is 19.3 Å². The average Bonchev–Trinajstić information content (AvgIpc) is 2.27. The van der Waals surface area contributed by atoms with Crippen molar-refractivity contribution in [3.63, 3.8) is 0 Å². The van der Waals surface area contributed by atoms with Crippen molar-refractivity contribution in [1.82, 2.24) is 0 Å². The van der Waals surface area contributed by atoms with Crippen LogP contribution in [0, 0.1) is 0 Å². The van der Waals surface area contributed by atoms with Crippen LogP contribution in [0.3, 0.4) is 0 Å². The van der Waals surface area contributed by atoms with E-state index in [0.29, 0.717) is 17.9 Å². The minimum absolute atomic E-state index is 0.0820. The lowest BCUT2D eigenvalue weighted by molar-refractivity contribution is -0.135. The lowest BCUT2D eigenvalue weighted by atomic mass is 10.2. The summed E-state index contributed by atoms with van der Waals surface area (Å²) in [7, 11) is 1.52. The van der Waals surface area contributed by atoms with Gasteiger partial charge in [-0.25, -0.2) is 0 Å². The highest BCUT2D eigenvalue weighted by atomic mass is 19.4. The molecular weight excluding hydrogens is 233 g/mol. The number of ether oxygens (including phenoxy) is 2. The minimum Gasteiger partial charge on any atom is -0.493 e. The molecule has 2 nitrogen and oxygen atoms in total. The zero-order valence-electron chi connectivity index (χ0n) is 9.59. The predicted octanol–water partition coefficient (Wildman–Crippen LogP) is 3.81. The molecular formula is C12H15F3O2. The second kappa shape index (κ2) is 6.37. The zero-order valence-corrected chi connectivity index (χ0v) is 9.59. The Labute approximate surface area is 98.3 Å². The number of methoxy groups -OCH3 is 1. The molecule has 0 amide bonds. The van der Waals surface area contributed by atoms with Crippen molar-refractivity contribution in [2.24, 2.45) is 0 Å². The van der Waals surface area contributed by atoms with E-state index in [1.54, 1.807) is 24.3 Å². The highest BCUT2D eigenvalue weighted by Gasteiger charge is 2.25. The van der Waals surface area contributed by atoms with Crippen LogP contribution in [-0.2, 0) is 0 Å². The molecule has 1 rings (SSSR count). The topological polar surface area (TPSA) is 18.5 Å². The Morgan fingerprint density at radius 1 is 1.06 bits per heavy atom. The lowest BCUT2D eigenvalue weighted by Gasteiger charge is -2.10. The second-order valence-corrected chi connectivity index (χ2v) is 3.57. The van der Waals surface area contributed by atoms with Crippen LogP contribution < -0.4 is 9.47 Å². The van der Waals surface area contributed by atoms with Crippen LogP contribution in [-0.4, -0.2) is 19.9 Å². The van der Waals surface area contributed by atoms with Gasteiger partial charge in [0.1, 0.15) is 0 Å². The van der Waals surface area contributed by atoms with Crippen molar-refractivity contribution in [3.05, 3.63) is 24.3 Å². The van der Waals surface area contributed by atoms with E-state index in [1.165, 1.54) is 7.11 Å². The standard InChI is InChI=1S/C12H15F3O2/c1-16-10-6-2-3-7-11(10)17-9-5-4-8-12(13,14)15/h2-3,6-7H,4-5,8-9H2,1H3. The van der Waals surface area contributed by atoms with Gasteiger partial charge in [-0.2, -0.15) is 13.2 Å². The second-order valence-electron chi connectivity index (χ2n) is 3.57. The highest BCUT2D eigenvalue weighted by Crippen LogP contribution is 2.26.